The Morgan fingerprint density at radius 2 is 1.85 bits per heavy atom. The fourth-order valence-electron chi connectivity index (χ4n) is 5.36. The maximum absolute atomic E-state index is 13.2. The second-order valence-electron chi connectivity index (χ2n) is 8.31. The normalized spacial score (nSPS) is 30.1. The molecule has 1 amide bonds. The van der Waals surface area contributed by atoms with E-state index in [-0.39, 0.29) is 35.1 Å². The first-order valence-electron chi connectivity index (χ1n) is 10.2. The number of allylic oxidation sites excluding steroid dienone is 2. The lowest BCUT2D eigenvalue weighted by molar-refractivity contribution is -0.127. The summed E-state index contributed by atoms with van der Waals surface area (Å²) in [5.74, 6) is 1.16. The standard InChI is InChI=1S/C22H25N3O2/c26-21-16-8-4-5-9-17(16)24-20(25-21)18-13-10-11-14(12-13)19(18)22(27)23-15-6-2-1-3-7-15/h4-5,8-11,13-15,18-19H,1-3,6-7,12H2,(H,23,27)(H,24,25,26)/t13-,14+,18+,19+/m0/s1. The number of aromatic amines is 1. The Kier molecular flexibility index (Phi) is 4.10. The largest absolute Gasteiger partial charge is 0.353 e. The maximum atomic E-state index is 13.2. The van der Waals surface area contributed by atoms with Crippen molar-refractivity contribution >= 4 is 16.8 Å². The fourth-order valence-corrected chi connectivity index (χ4v) is 5.36. The third-order valence-electron chi connectivity index (χ3n) is 6.66. The maximum Gasteiger partial charge on any atom is 0.258 e. The zero-order valence-corrected chi connectivity index (χ0v) is 15.4. The third-order valence-corrected chi connectivity index (χ3v) is 6.66. The number of benzene rings is 1. The smallest absolute Gasteiger partial charge is 0.258 e. The number of nitrogens with one attached hydrogen (secondary N) is 2. The molecule has 4 atom stereocenters. The van der Waals surface area contributed by atoms with Gasteiger partial charge in [0.1, 0.15) is 5.82 Å². The Hall–Kier alpha value is -2.43. The molecule has 1 aromatic heterocycles. The molecule has 0 saturated heterocycles. The molecule has 5 heteroatoms. The SMILES string of the molecule is O=C(NC1CCCCC1)[C@H]1[C@H](c2nc3ccccc3c(=O)[nH]2)[C@H]2C=C[C@@H]1C2. The van der Waals surface area contributed by atoms with Gasteiger partial charge in [0, 0.05) is 12.0 Å². The predicted octanol–water partition coefficient (Wildman–Crippen LogP) is 3.28. The fraction of sp³-hybridized carbons (Fsp3) is 0.500. The lowest BCUT2D eigenvalue weighted by Gasteiger charge is -2.30. The van der Waals surface area contributed by atoms with Crippen molar-refractivity contribution in [2.24, 2.45) is 17.8 Å². The first kappa shape index (κ1) is 16.7. The van der Waals surface area contributed by atoms with Crippen molar-refractivity contribution in [1.82, 2.24) is 15.3 Å². The number of fused-ring (bicyclic) bond motifs is 3. The Morgan fingerprint density at radius 3 is 2.70 bits per heavy atom. The molecule has 2 fully saturated rings. The second kappa shape index (κ2) is 6.63. The number of rotatable bonds is 3. The minimum atomic E-state index is -0.133. The van der Waals surface area contributed by atoms with Gasteiger partial charge in [-0.3, -0.25) is 9.59 Å². The van der Waals surface area contributed by atoms with Crippen LogP contribution in [0.3, 0.4) is 0 Å². The number of para-hydroxylation sites is 1. The van der Waals surface area contributed by atoms with Crippen molar-refractivity contribution in [3.05, 3.63) is 52.6 Å². The van der Waals surface area contributed by atoms with E-state index in [1.54, 1.807) is 6.07 Å². The van der Waals surface area contributed by atoms with E-state index in [9.17, 15) is 9.59 Å². The van der Waals surface area contributed by atoms with E-state index in [0.29, 0.717) is 22.8 Å². The van der Waals surface area contributed by atoms with E-state index in [2.05, 4.69) is 22.5 Å². The van der Waals surface area contributed by atoms with Crippen LogP contribution in [0.2, 0.25) is 0 Å². The van der Waals surface area contributed by atoms with Crippen molar-refractivity contribution in [3.8, 4) is 0 Å². The number of carbonyl (C=O) groups is 1. The highest BCUT2D eigenvalue weighted by Crippen LogP contribution is 2.52. The van der Waals surface area contributed by atoms with Crippen molar-refractivity contribution in [3.63, 3.8) is 0 Å². The number of H-pyrrole nitrogens is 1. The summed E-state index contributed by atoms with van der Waals surface area (Å²) in [7, 11) is 0. The topological polar surface area (TPSA) is 74.8 Å². The highest BCUT2D eigenvalue weighted by molar-refractivity contribution is 5.82. The summed E-state index contributed by atoms with van der Waals surface area (Å²) >= 11 is 0. The number of hydrogen-bond donors (Lipinski definition) is 2. The number of hydrogen-bond acceptors (Lipinski definition) is 3. The molecule has 0 spiro atoms. The van der Waals surface area contributed by atoms with Crippen molar-refractivity contribution in [1.29, 1.82) is 0 Å². The van der Waals surface area contributed by atoms with Gasteiger partial charge in [0.15, 0.2) is 0 Å². The van der Waals surface area contributed by atoms with Crippen molar-refractivity contribution < 1.29 is 4.79 Å². The van der Waals surface area contributed by atoms with E-state index in [1.807, 2.05) is 18.2 Å². The van der Waals surface area contributed by atoms with E-state index in [0.717, 1.165) is 19.3 Å². The summed E-state index contributed by atoms with van der Waals surface area (Å²) in [5, 5.41) is 3.90. The first-order chi connectivity index (χ1) is 13.2. The molecular formula is C22H25N3O2. The first-order valence-corrected chi connectivity index (χ1v) is 10.2. The number of carbonyl (C=O) groups excluding carboxylic acids is 1. The molecular weight excluding hydrogens is 338 g/mol. The monoisotopic (exact) mass is 363 g/mol. The molecule has 3 aliphatic rings. The van der Waals surface area contributed by atoms with Gasteiger partial charge in [-0.05, 0) is 43.2 Å². The lowest BCUT2D eigenvalue weighted by atomic mass is 9.81. The molecule has 2 saturated carbocycles. The van der Waals surface area contributed by atoms with Crippen LogP contribution < -0.4 is 10.9 Å². The van der Waals surface area contributed by atoms with E-state index < -0.39 is 0 Å². The molecule has 0 aliphatic heterocycles. The Morgan fingerprint density at radius 1 is 1.07 bits per heavy atom. The molecule has 2 N–H and O–H groups in total. The molecule has 1 aromatic carbocycles. The van der Waals surface area contributed by atoms with Gasteiger partial charge < -0.3 is 10.3 Å². The minimum Gasteiger partial charge on any atom is -0.353 e. The van der Waals surface area contributed by atoms with E-state index in [1.165, 1.54) is 19.3 Å². The van der Waals surface area contributed by atoms with Gasteiger partial charge in [-0.1, -0.05) is 43.5 Å². The summed E-state index contributed by atoms with van der Waals surface area (Å²) in [6.45, 7) is 0. The number of nitrogens with zero attached hydrogens (tertiary/aromatic N) is 1. The Labute approximate surface area is 158 Å². The molecule has 140 valence electrons. The Balaban J connectivity index is 1.48. The lowest BCUT2D eigenvalue weighted by Crippen LogP contribution is -2.43. The van der Waals surface area contributed by atoms with Gasteiger partial charge in [-0.15, -0.1) is 0 Å². The third kappa shape index (κ3) is 2.89. The van der Waals surface area contributed by atoms with Crippen LogP contribution in [0.5, 0.6) is 0 Å². The zero-order valence-electron chi connectivity index (χ0n) is 15.4. The van der Waals surface area contributed by atoms with Crippen LogP contribution in [0.4, 0.5) is 0 Å². The number of aromatic nitrogens is 2. The van der Waals surface area contributed by atoms with Crippen LogP contribution in [-0.2, 0) is 4.79 Å². The molecule has 3 aliphatic carbocycles. The highest BCUT2D eigenvalue weighted by Gasteiger charge is 2.50. The molecule has 27 heavy (non-hydrogen) atoms. The Bertz CT molecular complexity index is 957. The molecule has 5 nitrogen and oxygen atoms in total. The molecule has 5 rings (SSSR count). The summed E-state index contributed by atoms with van der Waals surface area (Å²) in [4.78, 5) is 33.4. The van der Waals surface area contributed by atoms with Gasteiger partial charge in [-0.2, -0.15) is 0 Å². The summed E-state index contributed by atoms with van der Waals surface area (Å²) in [6.07, 6.45) is 11.2. The van der Waals surface area contributed by atoms with Gasteiger partial charge in [0.25, 0.3) is 5.56 Å². The highest BCUT2D eigenvalue weighted by atomic mass is 16.2. The van der Waals surface area contributed by atoms with Crippen molar-refractivity contribution in [2.75, 3.05) is 0 Å². The van der Waals surface area contributed by atoms with Gasteiger partial charge in [0.2, 0.25) is 5.91 Å². The van der Waals surface area contributed by atoms with Gasteiger partial charge in [-0.25, -0.2) is 4.98 Å². The predicted molar refractivity (Wildman–Crippen MR) is 104 cm³/mol. The van der Waals surface area contributed by atoms with Crippen LogP contribution in [0, 0.1) is 17.8 Å². The average Bonchev–Trinajstić information content (AvgIpc) is 3.30. The number of amides is 1. The van der Waals surface area contributed by atoms with Crippen LogP contribution in [-0.4, -0.2) is 21.9 Å². The summed E-state index contributed by atoms with van der Waals surface area (Å²) in [6, 6.07) is 7.71. The van der Waals surface area contributed by atoms with Crippen LogP contribution in [0.25, 0.3) is 10.9 Å². The quantitative estimate of drug-likeness (QED) is 0.822. The molecule has 0 unspecified atom stereocenters. The second-order valence-corrected chi connectivity index (χ2v) is 8.31. The molecule has 0 radical (unpaired) electrons. The average molecular weight is 363 g/mol. The van der Waals surface area contributed by atoms with Crippen LogP contribution >= 0.6 is 0 Å². The zero-order chi connectivity index (χ0) is 18.4. The van der Waals surface area contributed by atoms with Gasteiger partial charge >= 0.3 is 0 Å². The summed E-state index contributed by atoms with van der Waals surface area (Å²) < 4.78 is 0. The van der Waals surface area contributed by atoms with Crippen LogP contribution in [0.1, 0.15) is 50.3 Å². The minimum absolute atomic E-state index is 0.0408. The molecule has 2 aromatic rings. The summed E-state index contributed by atoms with van der Waals surface area (Å²) in [5.41, 5.74) is 0.586. The van der Waals surface area contributed by atoms with Crippen LogP contribution in [0.15, 0.2) is 41.2 Å². The van der Waals surface area contributed by atoms with Crippen molar-refractivity contribution in [2.45, 2.75) is 50.5 Å². The van der Waals surface area contributed by atoms with Gasteiger partial charge in [0.05, 0.1) is 16.8 Å². The molecule has 2 bridgehead atoms. The molecule has 1 heterocycles. The van der Waals surface area contributed by atoms with E-state index in [4.69, 9.17) is 4.98 Å². The van der Waals surface area contributed by atoms with E-state index >= 15 is 0 Å².